The Balaban J connectivity index is 1.59. The van der Waals surface area contributed by atoms with Gasteiger partial charge in [-0.2, -0.15) is 0 Å². The van der Waals surface area contributed by atoms with Crippen molar-refractivity contribution in [3.63, 3.8) is 0 Å². The van der Waals surface area contributed by atoms with Gasteiger partial charge in [0.2, 0.25) is 5.76 Å². The third-order valence-electron chi connectivity index (χ3n) is 4.80. The molecular weight excluding hydrogens is 408 g/mol. The van der Waals surface area contributed by atoms with Crippen LogP contribution in [0.5, 0.6) is 11.5 Å². The number of rotatable bonds is 7. The summed E-state index contributed by atoms with van der Waals surface area (Å²) in [6.45, 7) is 1.64. The van der Waals surface area contributed by atoms with Crippen molar-refractivity contribution in [3.8, 4) is 11.5 Å². The number of methoxy groups -OCH3 is 1. The van der Waals surface area contributed by atoms with E-state index in [0.29, 0.717) is 28.2 Å². The van der Waals surface area contributed by atoms with E-state index < -0.39 is 17.9 Å². The first-order valence-electron chi connectivity index (χ1n) is 10.0. The molecule has 0 saturated carbocycles. The maximum atomic E-state index is 13.0. The van der Waals surface area contributed by atoms with Crippen molar-refractivity contribution >= 4 is 34.2 Å². The van der Waals surface area contributed by atoms with E-state index in [0.717, 1.165) is 0 Å². The van der Waals surface area contributed by atoms with Gasteiger partial charge >= 0.3 is 0 Å². The SMILES string of the molecule is COc1cccc(NC(=O)c2oc3ccccc3c2NC(=O)C(C)Oc2ccccc2)c1. The lowest BCUT2D eigenvalue weighted by Crippen LogP contribution is -2.30. The highest BCUT2D eigenvalue weighted by atomic mass is 16.5. The molecule has 0 aliphatic heterocycles. The van der Waals surface area contributed by atoms with E-state index in [-0.39, 0.29) is 11.4 Å². The summed E-state index contributed by atoms with van der Waals surface area (Å²) in [6, 6.07) is 23.1. The van der Waals surface area contributed by atoms with Gasteiger partial charge in [0.15, 0.2) is 6.10 Å². The number of para-hydroxylation sites is 2. The van der Waals surface area contributed by atoms with Crippen LogP contribution < -0.4 is 20.1 Å². The second-order valence-electron chi connectivity index (χ2n) is 7.05. The molecule has 7 nitrogen and oxygen atoms in total. The summed E-state index contributed by atoms with van der Waals surface area (Å²) in [4.78, 5) is 25.9. The lowest BCUT2D eigenvalue weighted by atomic mass is 10.2. The first-order valence-corrected chi connectivity index (χ1v) is 10.0. The zero-order valence-electron chi connectivity index (χ0n) is 17.6. The van der Waals surface area contributed by atoms with E-state index in [1.165, 1.54) is 0 Å². The van der Waals surface area contributed by atoms with Crippen LogP contribution in [0.25, 0.3) is 11.0 Å². The van der Waals surface area contributed by atoms with Crippen molar-refractivity contribution in [3.05, 3.63) is 84.6 Å². The number of carbonyl (C=O) groups is 2. The molecule has 1 atom stereocenters. The molecule has 32 heavy (non-hydrogen) atoms. The van der Waals surface area contributed by atoms with E-state index in [4.69, 9.17) is 13.9 Å². The van der Waals surface area contributed by atoms with Crippen molar-refractivity contribution in [2.45, 2.75) is 13.0 Å². The molecule has 0 radical (unpaired) electrons. The first kappa shape index (κ1) is 21.0. The van der Waals surface area contributed by atoms with Crippen LogP contribution in [0.1, 0.15) is 17.5 Å². The van der Waals surface area contributed by atoms with Gasteiger partial charge in [0, 0.05) is 17.1 Å². The average Bonchev–Trinajstić information content (AvgIpc) is 3.18. The van der Waals surface area contributed by atoms with E-state index in [9.17, 15) is 9.59 Å². The molecule has 0 saturated heterocycles. The third-order valence-corrected chi connectivity index (χ3v) is 4.80. The Labute approximate surface area is 184 Å². The Bertz CT molecular complexity index is 1250. The van der Waals surface area contributed by atoms with Crippen LogP contribution >= 0.6 is 0 Å². The molecule has 1 unspecified atom stereocenters. The topological polar surface area (TPSA) is 89.8 Å². The number of carbonyl (C=O) groups excluding carboxylic acids is 2. The minimum atomic E-state index is -0.791. The fraction of sp³-hybridized carbons (Fsp3) is 0.120. The zero-order chi connectivity index (χ0) is 22.5. The third kappa shape index (κ3) is 4.57. The van der Waals surface area contributed by atoms with Crippen LogP contribution in [0.2, 0.25) is 0 Å². The van der Waals surface area contributed by atoms with Gasteiger partial charge in [-0.3, -0.25) is 9.59 Å². The van der Waals surface area contributed by atoms with Gasteiger partial charge in [-0.15, -0.1) is 0 Å². The largest absolute Gasteiger partial charge is 0.497 e. The minimum absolute atomic E-state index is 0.00530. The van der Waals surface area contributed by atoms with Crippen molar-refractivity contribution in [2.75, 3.05) is 17.7 Å². The summed E-state index contributed by atoms with van der Waals surface area (Å²) >= 11 is 0. The second kappa shape index (κ2) is 9.26. The molecule has 7 heteroatoms. The van der Waals surface area contributed by atoms with E-state index in [2.05, 4.69) is 10.6 Å². The van der Waals surface area contributed by atoms with Crippen LogP contribution in [0.4, 0.5) is 11.4 Å². The molecule has 1 aromatic heterocycles. The van der Waals surface area contributed by atoms with Crippen LogP contribution in [0.15, 0.2) is 83.3 Å². The molecule has 162 valence electrons. The molecule has 4 rings (SSSR count). The number of anilines is 2. The van der Waals surface area contributed by atoms with Crippen LogP contribution in [-0.4, -0.2) is 25.0 Å². The Morgan fingerprint density at radius 1 is 0.875 bits per heavy atom. The molecule has 0 fully saturated rings. The Hall–Kier alpha value is -4.26. The Morgan fingerprint density at radius 2 is 1.59 bits per heavy atom. The van der Waals surface area contributed by atoms with Gasteiger partial charge in [0.05, 0.1) is 7.11 Å². The summed E-state index contributed by atoms with van der Waals surface area (Å²) in [7, 11) is 1.55. The van der Waals surface area contributed by atoms with Crippen molar-refractivity contribution in [2.24, 2.45) is 0 Å². The summed E-state index contributed by atoms with van der Waals surface area (Å²) in [5, 5.41) is 6.20. The van der Waals surface area contributed by atoms with Crippen molar-refractivity contribution in [1.29, 1.82) is 0 Å². The zero-order valence-corrected chi connectivity index (χ0v) is 17.6. The minimum Gasteiger partial charge on any atom is -0.497 e. The Kier molecular flexibility index (Phi) is 6.07. The second-order valence-corrected chi connectivity index (χ2v) is 7.05. The number of hydrogen-bond donors (Lipinski definition) is 2. The number of nitrogens with one attached hydrogen (secondary N) is 2. The highest BCUT2D eigenvalue weighted by molar-refractivity contribution is 6.15. The number of furan rings is 1. The predicted molar refractivity (Wildman–Crippen MR) is 122 cm³/mol. The molecule has 0 bridgehead atoms. The van der Waals surface area contributed by atoms with Gasteiger partial charge in [0.25, 0.3) is 11.8 Å². The molecule has 0 spiro atoms. The van der Waals surface area contributed by atoms with Gasteiger partial charge in [-0.1, -0.05) is 36.4 Å². The highest BCUT2D eigenvalue weighted by Crippen LogP contribution is 2.32. The number of amides is 2. The molecule has 0 aliphatic carbocycles. The maximum Gasteiger partial charge on any atom is 0.293 e. The average molecular weight is 430 g/mol. The summed E-state index contributed by atoms with van der Waals surface area (Å²) in [5.41, 5.74) is 1.30. The number of fused-ring (bicyclic) bond motifs is 1. The first-order chi connectivity index (χ1) is 15.5. The van der Waals surface area contributed by atoms with Gasteiger partial charge in [-0.05, 0) is 43.3 Å². The van der Waals surface area contributed by atoms with Gasteiger partial charge in [0.1, 0.15) is 22.8 Å². The van der Waals surface area contributed by atoms with Crippen molar-refractivity contribution in [1.82, 2.24) is 0 Å². The smallest absolute Gasteiger partial charge is 0.293 e. The molecular formula is C25H22N2O5. The summed E-state index contributed by atoms with van der Waals surface area (Å²) in [5.74, 6) is 0.266. The van der Waals surface area contributed by atoms with Gasteiger partial charge < -0.3 is 24.5 Å². The molecule has 2 amide bonds. The number of benzene rings is 3. The monoisotopic (exact) mass is 430 g/mol. The standard InChI is InChI=1S/C25H22N2O5/c1-16(31-18-10-4-3-5-11-18)24(28)27-22-20-13-6-7-14-21(20)32-23(22)25(29)26-17-9-8-12-19(15-17)30-2/h3-16H,1-2H3,(H,26,29)(H,27,28). The van der Waals surface area contributed by atoms with E-state index >= 15 is 0 Å². The van der Waals surface area contributed by atoms with E-state index in [1.54, 1.807) is 74.7 Å². The number of hydrogen-bond acceptors (Lipinski definition) is 5. The van der Waals surface area contributed by atoms with Gasteiger partial charge in [-0.25, -0.2) is 0 Å². The predicted octanol–water partition coefficient (Wildman–Crippen LogP) is 5.10. The fourth-order valence-electron chi connectivity index (χ4n) is 3.20. The lowest BCUT2D eigenvalue weighted by molar-refractivity contribution is -0.122. The van der Waals surface area contributed by atoms with E-state index in [1.807, 2.05) is 18.2 Å². The van der Waals surface area contributed by atoms with Crippen molar-refractivity contribution < 1.29 is 23.5 Å². The maximum absolute atomic E-state index is 13.0. The Morgan fingerprint density at radius 3 is 2.38 bits per heavy atom. The normalized spacial score (nSPS) is 11.6. The fourth-order valence-corrected chi connectivity index (χ4v) is 3.20. The summed E-state index contributed by atoms with van der Waals surface area (Å²) < 4.78 is 16.7. The molecule has 1 heterocycles. The highest BCUT2D eigenvalue weighted by Gasteiger charge is 2.25. The molecule has 2 N–H and O–H groups in total. The lowest BCUT2D eigenvalue weighted by Gasteiger charge is -2.15. The summed E-state index contributed by atoms with van der Waals surface area (Å²) in [6.07, 6.45) is -0.791. The molecule has 4 aromatic rings. The van der Waals surface area contributed by atoms with Crippen LogP contribution in [0.3, 0.4) is 0 Å². The molecule has 3 aromatic carbocycles. The van der Waals surface area contributed by atoms with Crippen LogP contribution in [-0.2, 0) is 4.79 Å². The molecule has 0 aliphatic rings. The number of ether oxygens (including phenoxy) is 2. The van der Waals surface area contributed by atoms with Crippen LogP contribution in [0, 0.1) is 0 Å². The quantitative estimate of drug-likeness (QED) is 0.426.